The summed E-state index contributed by atoms with van der Waals surface area (Å²) < 4.78 is 6.22. The number of benzodiazepines with no additional fused rings is 1. The van der Waals surface area contributed by atoms with Crippen LogP contribution in [0, 0.1) is 0 Å². The molecule has 4 aromatic rings. The number of para-hydroxylation sites is 2. The summed E-state index contributed by atoms with van der Waals surface area (Å²) >= 11 is 0. The van der Waals surface area contributed by atoms with E-state index in [4.69, 9.17) is 9.73 Å². The van der Waals surface area contributed by atoms with Crippen molar-refractivity contribution in [2.45, 2.75) is 6.61 Å². The Hall–Kier alpha value is -3.56. The van der Waals surface area contributed by atoms with Crippen LogP contribution < -0.4 is 9.64 Å². The molecule has 4 aromatic carbocycles. The van der Waals surface area contributed by atoms with Crippen LogP contribution in [0.2, 0.25) is 0 Å². The summed E-state index contributed by atoms with van der Waals surface area (Å²) in [5.41, 5.74) is 5.60. The lowest BCUT2D eigenvalue weighted by molar-refractivity contribution is 0.306. The fourth-order valence-corrected chi connectivity index (χ4v) is 4.10. The van der Waals surface area contributed by atoms with Crippen molar-refractivity contribution in [1.29, 1.82) is 0 Å². The number of allylic oxidation sites excluding steroid dienone is 1. The Morgan fingerprint density at radius 1 is 0.848 bits per heavy atom. The fourth-order valence-electron chi connectivity index (χ4n) is 4.10. The molecule has 0 aliphatic carbocycles. The van der Waals surface area contributed by atoms with E-state index in [0.717, 1.165) is 35.7 Å². The van der Waals surface area contributed by atoms with Crippen LogP contribution in [0.3, 0.4) is 0 Å². The highest BCUT2D eigenvalue weighted by atomic mass is 35.5. The van der Waals surface area contributed by atoms with E-state index in [1.165, 1.54) is 22.0 Å². The summed E-state index contributed by atoms with van der Waals surface area (Å²) in [6.45, 7) is 2.23. The van der Waals surface area contributed by atoms with Crippen LogP contribution >= 0.6 is 12.4 Å². The molecule has 3 nitrogen and oxygen atoms in total. The lowest BCUT2D eigenvalue weighted by atomic mass is 10.1. The van der Waals surface area contributed by atoms with Gasteiger partial charge in [0.25, 0.3) is 0 Å². The van der Waals surface area contributed by atoms with Gasteiger partial charge in [-0.1, -0.05) is 72.8 Å². The summed E-state index contributed by atoms with van der Waals surface area (Å²) in [6, 6.07) is 31.5. The molecule has 0 spiro atoms. The number of rotatable bonds is 5. The Morgan fingerprint density at radius 3 is 2.52 bits per heavy atom. The predicted molar refractivity (Wildman–Crippen MR) is 142 cm³/mol. The molecule has 5 rings (SSSR count). The van der Waals surface area contributed by atoms with Gasteiger partial charge in [-0.3, -0.25) is 4.99 Å². The summed E-state index contributed by atoms with van der Waals surface area (Å²) in [4.78, 5) is 7.09. The average Bonchev–Trinajstić information content (AvgIpc) is 3.00. The van der Waals surface area contributed by atoms with Gasteiger partial charge in [-0.25, -0.2) is 0 Å². The highest BCUT2D eigenvalue weighted by Gasteiger charge is 2.13. The minimum Gasteiger partial charge on any atom is -0.488 e. The number of ether oxygens (including phenoxy) is 1. The highest BCUT2D eigenvalue weighted by Crippen LogP contribution is 2.25. The second-order valence-electron chi connectivity index (χ2n) is 8.05. The minimum absolute atomic E-state index is 0. The zero-order valence-electron chi connectivity index (χ0n) is 18.6. The van der Waals surface area contributed by atoms with E-state index < -0.39 is 0 Å². The second kappa shape index (κ2) is 10.4. The van der Waals surface area contributed by atoms with E-state index in [0.29, 0.717) is 6.61 Å². The minimum atomic E-state index is 0. The van der Waals surface area contributed by atoms with Crippen molar-refractivity contribution in [2.75, 3.05) is 25.0 Å². The van der Waals surface area contributed by atoms with Gasteiger partial charge in [0.1, 0.15) is 12.4 Å². The molecule has 0 atom stereocenters. The molecular formula is C29H27ClN2O. The number of aliphatic imine (C=N–C) groups is 1. The van der Waals surface area contributed by atoms with Gasteiger partial charge in [0.2, 0.25) is 0 Å². The van der Waals surface area contributed by atoms with Gasteiger partial charge in [0, 0.05) is 30.4 Å². The Kier molecular flexibility index (Phi) is 7.11. The molecule has 0 fully saturated rings. The van der Waals surface area contributed by atoms with Crippen molar-refractivity contribution < 1.29 is 4.74 Å². The number of hydrogen-bond acceptors (Lipinski definition) is 3. The Morgan fingerprint density at radius 2 is 1.61 bits per heavy atom. The number of hydrogen-bond donors (Lipinski definition) is 0. The third-order valence-corrected chi connectivity index (χ3v) is 5.86. The Balaban J connectivity index is 0.00000259. The molecule has 166 valence electrons. The standard InChI is InChI=1S/C29H26N2O.ClH/c1-31-19-18-30-27(26-11-5-6-12-28(26)31)17-16-24-9-4-7-13-29(24)32-21-22-14-15-23-8-2-3-10-25(23)20-22;/h2-17,20H,18-19,21H2,1H3;1H/b17-16+;. The van der Waals surface area contributed by atoms with Crippen molar-refractivity contribution in [1.82, 2.24) is 0 Å². The zero-order chi connectivity index (χ0) is 21.8. The van der Waals surface area contributed by atoms with Crippen molar-refractivity contribution in [3.05, 3.63) is 114 Å². The third-order valence-electron chi connectivity index (χ3n) is 5.86. The maximum atomic E-state index is 6.22. The number of anilines is 1. The molecule has 1 aliphatic rings. The second-order valence-corrected chi connectivity index (χ2v) is 8.05. The first-order valence-electron chi connectivity index (χ1n) is 11.0. The molecule has 0 saturated carbocycles. The summed E-state index contributed by atoms with van der Waals surface area (Å²) in [7, 11) is 2.12. The fraction of sp³-hybridized carbons (Fsp3) is 0.138. The number of benzene rings is 4. The van der Waals surface area contributed by atoms with Gasteiger partial charge >= 0.3 is 0 Å². The smallest absolute Gasteiger partial charge is 0.127 e. The Labute approximate surface area is 201 Å². The molecule has 0 amide bonds. The topological polar surface area (TPSA) is 24.8 Å². The van der Waals surface area contributed by atoms with Crippen LogP contribution in [-0.4, -0.2) is 25.8 Å². The average molecular weight is 455 g/mol. The quantitative estimate of drug-likeness (QED) is 0.331. The van der Waals surface area contributed by atoms with E-state index in [9.17, 15) is 0 Å². The van der Waals surface area contributed by atoms with E-state index in [1.54, 1.807) is 0 Å². The molecule has 0 N–H and O–H groups in total. The first kappa shape index (κ1) is 22.6. The number of halogens is 1. The van der Waals surface area contributed by atoms with Crippen molar-refractivity contribution in [2.24, 2.45) is 4.99 Å². The number of fused-ring (bicyclic) bond motifs is 2. The van der Waals surface area contributed by atoms with Crippen LogP contribution in [0.4, 0.5) is 5.69 Å². The van der Waals surface area contributed by atoms with Gasteiger partial charge in [0.15, 0.2) is 0 Å². The van der Waals surface area contributed by atoms with Crippen LogP contribution in [-0.2, 0) is 6.61 Å². The van der Waals surface area contributed by atoms with Crippen LogP contribution in [0.1, 0.15) is 16.7 Å². The third kappa shape index (κ3) is 5.10. The van der Waals surface area contributed by atoms with Gasteiger partial charge in [-0.05, 0) is 46.7 Å². The van der Waals surface area contributed by atoms with E-state index in [2.05, 4.69) is 96.9 Å². The summed E-state index contributed by atoms with van der Waals surface area (Å²) in [5.74, 6) is 0.872. The van der Waals surface area contributed by atoms with Crippen molar-refractivity contribution >= 4 is 40.7 Å². The van der Waals surface area contributed by atoms with Crippen molar-refractivity contribution in [3.63, 3.8) is 0 Å². The molecule has 4 heteroatoms. The SMILES string of the molecule is CN1CCN=C(/C=C/c2ccccc2OCc2ccc3ccccc3c2)c2ccccc21.Cl. The Bertz CT molecular complexity index is 1310. The molecule has 0 unspecified atom stereocenters. The monoisotopic (exact) mass is 454 g/mol. The van der Waals surface area contributed by atoms with E-state index >= 15 is 0 Å². The molecule has 0 radical (unpaired) electrons. The van der Waals surface area contributed by atoms with Crippen LogP contribution in [0.25, 0.3) is 16.8 Å². The van der Waals surface area contributed by atoms with Crippen molar-refractivity contribution in [3.8, 4) is 5.75 Å². The highest BCUT2D eigenvalue weighted by molar-refractivity contribution is 6.14. The summed E-state index contributed by atoms with van der Waals surface area (Å²) in [5, 5.41) is 2.48. The molecule has 1 aliphatic heterocycles. The lowest BCUT2D eigenvalue weighted by Crippen LogP contribution is -2.20. The van der Waals surface area contributed by atoms with E-state index in [-0.39, 0.29) is 12.4 Å². The maximum Gasteiger partial charge on any atom is 0.127 e. The number of likely N-dealkylation sites (N-methyl/N-ethyl adjacent to an activating group) is 1. The maximum absolute atomic E-state index is 6.22. The first-order valence-corrected chi connectivity index (χ1v) is 11.0. The normalized spacial score (nSPS) is 13.2. The summed E-state index contributed by atoms with van der Waals surface area (Å²) in [6.07, 6.45) is 4.22. The van der Waals surface area contributed by atoms with Gasteiger partial charge in [-0.2, -0.15) is 0 Å². The molecule has 0 aromatic heterocycles. The molecule has 33 heavy (non-hydrogen) atoms. The first-order chi connectivity index (χ1) is 15.8. The predicted octanol–water partition coefficient (Wildman–Crippen LogP) is 6.79. The van der Waals surface area contributed by atoms with Gasteiger partial charge < -0.3 is 9.64 Å². The molecule has 0 saturated heterocycles. The van der Waals surface area contributed by atoms with E-state index in [1.807, 2.05) is 18.2 Å². The largest absolute Gasteiger partial charge is 0.488 e. The van der Waals surface area contributed by atoms with Gasteiger partial charge in [-0.15, -0.1) is 12.4 Å². The van der Waals surface area contributed by atoms with Crippen LogP contribution in [0.15, 0.2) is 102 Å². The lowest BCUT2D eigenvalue weighted by Gasteiger charge is -2.18. The zero-order valence-corrected chi connectivity index (χ0v) is 19.5. The van der Waals surface area contributed by atoms with Crippen LogP contribution in [0.5, 0.6) is 5.75 Å². The van der Waals surface area contributed by atoms with Gasteiger partial charge in [0.05, 0.1) is 12.3 Å². The number of nitrogens with zero attached hydrogens (tertiary/aromatic N) is 2. The molecule has 1 heterocycles. The molecular weight excluding hydrogens is 428 g/mol. The molecule has 0 bridgehead atoms.